The van der Waals surface area contributed by atoms with Crippen LogP contribution in [0, 0.1) is 5.82 Å². The summed E-state index contributed by atoms with van der Waals surface area (Å²) in [6.45, 7) is 5.30. The van der Waals surface area contributed by atoms with E-state index in [-0.39, 0.29) is 17.4 Å². The summed E-state index contributed by atoms with van der Waals surface area (Å²) in [7, 11) is 0. The summed E-state index contributed by atoms with van der Waals surface area (Å²) >= 11 is 0. The van der Waals surface area contributed by atoms with Gasteiger partial charge in [0.1, 0.15) is 11.2 Å². The number of rotatable bonds is 5. The van der Waals surface area contributed by atoms with Gasteiger partial charge in [-0.2, -0.15) is 10.1 Å². The molecule has 1 aromatic carbocycles. The average Bonchev–Trinajstić information content (AvgIpc) is 3.46. The molecule has 0 radical (unpaired) electrons. The van der Waals surface area contributed by atoms with Crippen LogP contribution in [0.1, 0.15) is 49.9 Å². The second kappa shape index (κ2) is 7.51. The summed E-state index contributed by atoms with van der Waals surface area (Å²) in [5, 5.41) is 11.5. The van der Waals surface area contributed by atoms with Crippen molar-refractivity contribution in [3.63, 3.8) is 0 Å². The van der Waals surface area contributed by atoms with Gasteiger partial charge in [-0.25, -0.2) is 18.7 Å². The van der Waals surface area contributed by atoms with Crippen molar-refractivity contribution in [1.82, 2.24) is 34.4 Å². The van der Waals surface area contributed by atoms with Crippen LogP contribution >= 0.6 is 0 Å². The van der Waals surface area contributed by atoms with E-state index in [4.69, 9.17) is 5.10 Å². The first-order chi connectivity index (χ1) is 16.0. The quantitative estimate of drug-likeness (QED) is 0.487. The van der Waals surface area contributed by atoms with E-state index in [2.05, 4.69) is 20.6 Å². The van der Waals surface area contributed by atoms with Crippen molar-refractivity contribution in [2.24, 2.45) is 0 Å². The fourth-order valence-electron chi connectivity index (χ4n) is 4.50. The number of benzene rings is 1. The number of nitrogens with zero attached hydrogens (tertiary/aromatic N) is 6. The lowest BCUT2D eigenvalue weighted by atomic mass is 10.00. The third kappa shape index (κ3) is 3.41. The van der Waals surface area contributed by atoms with Crippen molar-refractivity contribution >= 4 is 22.7 Å². The summed E-state index contributed by atoms with van der Waals surface area (Å²) in [6, 6.07) is 5.62. The molecule has 170 valence electrons. The van der Waals surface area contributed by atoms with Gasteiger partial charge in [0.2, 0.25) is 5.95 Å². The van der Waals surface area contributed by atoms with Gasteiger partial charge in [-0.15, -0.1) is 0 Å². The van der Waals surface area contributed by atoms with Gasteiger partial charge in [0.25, 0.3) is 5.56 Å². The summed E-state index contributed by atoms with van der Waals surface area (Å²) in [5.74, 6) is 0.700. The van der Waals surface area contributed by atoms with Crippen LogP contribution in [-0.2, 0) is 13.0 Å². The third-order valence-corrected chi connectivity index (χ3v) is 6.26. The highest BCUT2D eigenvalue weighted by molar-refractivity contribution is 5.77. The van der Waals surface area contributed by atoms with Crippen LogP contribution in [0.4, 0.5) is 16.0 Å². The van der Waals surface area contributed by atoms with Crippen molar-refractivity contribution in [3.05, 3.63) is 57.9 Å². The van der Waals surface area contributed by atoms with E-state index in [9.17, 15) is 9.18 Å². The number of hydrogen-bond donors (Lipinski definition) is 2. The van der Waals surface area contributed by atoms with E-state index in [0.29, 0.717) is 47.5 Å². The van der Waals surface area contributed by atoms with Gasteiger partial charge < -0.3 is 10.6 Å². The van der Waals surface area contributed by atoms with Gasteiger partial charge in [0, 0.05) is 36.7 Å². The van der Waals surface area contributed by atoms with Crippen LogP contribution in [0.5, 0.6) is 0 Å². The molecule has 2 aliphatic rings. The molecule has 0 spiro atoms. The van der Waals surface area contributed by atoms with Crippen molar-refractivity contribution in [2.45, 2.75) is 51.7 Å². The maximum Gasteiger partial charge on any atom is 0.278 e. The molecule has 33 heavy (non-hydrogen) atoms. The fourth-order valence-corrected chi connectivity index (χ4v) is 4.50. The van der Waals surface area contributed by atoms with Gasteiger partial charge in [-0.1, -0.05) is 0 Å². The number of halogens is 1. The molecule has 4 heterocycles. The molecular weight excluding hydrogens is 423 g/mol. The lowest BCUT2D eigenvalue weighted by Gasteiger charge is -2.19. The minimum atomic E-state index is -0.230. The normalized spacial score (nSPS) is 15.9. The SMILES string of the molecule is CC(C)n1c(=O)c2cnc(Nc3cc(F)c4c(c3)CNCC4)nc2n1-c1ccn(C2CC2)n1. The number of hydrogen-bond acceptors (Lipinski definition) is 6. The molecule has 6 rings (SSSR count). The van der Waals surface area contributed by atoms with Gasteiger partial charge in [0.05, 0.1) is 6.04 Å². The first-order valence-electron chi connectivity index (χ1n) is 11.3. The summed E-state index contributed by atoms with van der Waals surface area (Å²) < 4.78 is 20.0. The molecular formula is C23H25FN8O. The van der Waals surface area contributed by atoms with Crippen molar-refractivity contribution < 1.29 is 4.39 Å². The predicted octanol–water partition coefficient (Wildman–Crippen LogP) is 3.22. The molecule has 1 saturated carbocycles. The number of fused-ring (bicyclic) bond motifs is 2. The second-order valence-electron chi connectivity index (χ2n) is 9.02. The van der Waals surface area contributed by atoms with E-state index < -0.39 is 0 Å². The standard InChI is InChI=1S/C23H25FN8O/c1-13(2)31-22(33)18-12-26-23(27-15-9-14-11-25-7-5-17(14)19(24)10-15)28-21(18)32(31)20-6-8-30(29-20)16-3-4-16/h6,8-10,12-13,16,25H,3-5,7,11H2,1-2H3,(H,26,27,28). The Morgan fingerprint density at radius 2 is 2.12 bits per heavy atom. The summed E-state index contributed by atoms with van der Waals surface area (Å²) in [4.78, 5) is 22.1. The Morgan fingerprint density at radius 1 is 1.27 bits per heavy atom. The zero-order chi connectivity index (χ0) is 22.7. The lowest BCUT2D eigenvalue weighted by molar-refractivity contribution is 0.468. The molecule has 0 amide bonds. The highest BCUT2D eigenvalue weighted by Gasteiger charge is 2.26. The summed E-state index contributed by atoms with van der Waals surface area (Å²) in [6.07, 6.45) is 6.38. The van der Waals surface area contributed by atoms with Gasteiger partial charge in [-0.3, -0.25) is 9.48 Å². The van der Waals surface area contributed by atoms with Gasteiger partial charge in [0.15, 0.2) is 11.5 Å². The zero-order valence-electron chi connectivity index (χ0n) is 18.5. The number of nitrogens with one attached hydrogen (secondary N) is 2. The minimum absolute atomic E-state index is 0.101. The largest absolute Gasteiger partial charge is 0.324 e. The molecule has 0 unspecified atom stereocenters. The van der Waals surface area contributed by atoms with Crippen molar-refractivity contribution in [3.8, 4) is 5.82 Å². The third-order valence-electron chi connectivity index (χ3n) is 6.26. The Balaban J connectivity index is 1.45. The molecule has 0 atom stereocenters. The Bertz CT molecular complexity index is 1430. The van der Waals surface area contributed by atoms with E-state index in [1.54, 1.807) is 9.36 Å². The fraction of sp³-hybridized carbons (Fsp3) is 0.391. The van der Waals surface area contributed by atoms with Crippen LogP contribution in [-0.4, -0.2) is 35.7 Å². The highest BCUT2D eigenvalue weighted by Crippen LogP contribution is 2.34. The molecule has 1 aliphatic heterocycles. The number of aromatic nitrogens is 6. The minimum Gasteiger partial charge on any atom is -0.324 e. The van der Waals surface area contributed by atoms with E-state index >= 15 is 0 Å². The number of anilines is 2. The average molecular weight is 449 g/mol. The van der Waals surface area contributed by atoms with Crippen molar-refractivity contribution in [2.75, 3.05) is 11.9 Å². The topological polar surface area (TPSA) is 94.6 Å². The molecule has 0 bridgehead atoms. The highest BCUT2D eigenvalue weighted by atomic mass is 19.1. The Kier molecular flexibility index (Phi) is 4.58. The van der Waals surface area contributed by atoms with E-state index in [0.717, 1.165) is 30.5 Å². The molecule has 2 N–H and O–H groups in total. The monoisotopic (exact) mass is 448 g/mol. The van der Waals surface area contributed by atoms with E-state index in [1.165, 1.54) is 12.3 Å². The molecule has 1 aliphatic carbocycles. The van der Waals surface area contributed by atoms with Crippen LogP contribution in [0.15, 0.2) is 35.4 Å². The molecule has 9 nitrogen and oxygen atoms in total. The Labute approximate surface area is 189 Å². The van der Waals surface area contributed by atoms with Crippen molar-refractivity contribution in [1.29, 1.82) is 0 Å². The smallest absolute Gasteiger partial charge is 0.278 e. The molecule has 0 saturated heterocycles. The molecule has 1 fully saturated rings. The van der Waals surface area contributed by atoms with Crippen LogP contribution in [0.2, 0.25) is 0 Å². The molecule has 3 aromatic heterocycles. The Morgan fingerprint density at radius 3 is 2.91 bits per heavy atom. The maximum atomic E-state index is 14.6. The predicted molar refractivity (Wildman–Crippen MR) is 123 cm³/mol. The van der Waals surface area contributed by atoms with Gasteiger partial charge in [-0.05, 0) is 62.9 Å². The second-order valence-corrected chi connectivity index (χ2v) is 9.02. The van der Waals surface area contributed by atoms with Crippen LogP contribution in [0.25, 0.3) is 16.9 Å². The van der Waals surface area contributed by atoms with Crippen LogP contribution in [0.3, 0.4) is 0 Å². The Hall–Kier alpha value is -3.53. The van der Waals surface area contributed by atoms with E-state index in [1.807, 2.05) is 36.9 Å². The lowest BCUT2D eigenvalue weighted by Crippen LogP contribution is -2.24. The van der Waals surface area contributed by atoms with Gasteiger partial charge >= 0.3 is 0 Å². The van der Waals surface area contributed by atoms with Crippen LogP contribution < -0.4 is 16.2 Å². The first kappa shape index (κ1) is 20.1. The molecule has 10 heteroatoms. The first-order valence-corrected chi connectivity index (χ1v) is 11.3. The zero-order valence-corrected chi connectivity index (χ0v) is 18.5. The maximum absolute atomic E-state index is 14.6. The molecule has 4 aromatic rings. The summed E-state index contributed by atoms with van der Waals surface area (Å²) in [5.41, 5.74) is 2.55.